The Balaban J connectivity index is 1.39. The van der Waals surface area contributed by atoms with Crippen molar-refractivity contribution in [2.24, 2.45) is 0 Å². The summed E-state index contributed by atoms with van der Waals surface area (Å²) in [7, 11) is -3.99. The van der Waals surface area contributed by atoms with Gasteiger partial charge >= 0.3 is 0 Å². The summed E-state index contributed by atoms with van der Waals surface area (Å²) in [4.78, 5) is 12.8. The molecular weight excluding hydrogens is 518 g/mol. The molecule has 1 amide bonds. The highest BCUT2D eigenvalue weighted by Gasteiger charge is 2.17. The fourth-order valence-electron chi connectivity index (χ4n) is 4.20. The topological polar surface area (TPSA) is 81.1 Å². The first-order valence-electron chi connectivity index (χ1n) is 11.9. The molecule has 0 spiro atoms. The highest BCUT2D eigenvalue weighted by Crippen LogP contribution is 2.28. The molecule has 1 heterocycles. The van der Waals surface area contributed by atoms with E-state index in [1.807, 2.05) is 61.5 Å². The third-order valence-electron chi connectivity index (χ3n) is 6.15. The van der Waals surface area contributed by atoms with Gasteiger partial charge in [-0.25, -0.2) is 13.1 Å². The third kappa shape index (κ3) is 5.69. The maximum atomic E-state index is 12.8. The first kappa shape index (κ1) is 25.4. The van der Waals surface area contributed by atoms with Gasteiger partial charge in [0.25, 0.3) is 15.9 Å². The molecule has 0 radical (unpaired) electrons. The predicted molar refractivity (Wildman–Crippen MR) is 152 cm³/mol. The molecule has 5 aromatic rings. The van der Waals surface area contributed by atoms with E-state index in [0.717, 1.165) is 33.2 Å². The van der Waals surface area contributed by atoms with E-state index in [4.69, 9.17) is 11.6 Å². The number of sulfonamides is 1. The average molecular weight is 542 g/mol. The molecular formula is C30H24ClN3O3S. The SMILES string of the molecule is Cc1nn(Cc2ccc(-c3ccccc3)cc2Cl)c2cc(C(=O)NS(=O)(=O)/C=C/c3ccccc3)ccc12. The second-order valence-corrected chi connectivity index (χ2v) is 10.8. The molecule has 8 heteroatoms. The highest BCUT2D eigenvalue weighted by molar-refractivity contribution is 7.93. The van der Waals surface area contributed by atoms with Crippen LogP contribution in [0, 0.1) is 6.92 Å². The van der Waals surface area contributed by atoms with Crippen LogP contribution in [0.1, 0.15) is 27.2 Å². The van der Waals surface area contributed by atoms with E-state index in [1.54, 1.807) is 47.1 Å². The fourth-order valence-corrected chi connectivity index (χ4v) is 5.22. The lowest BCUT2D eigenvalue weighted by Gasteiger charge is -2.10. The van der Waals surface area contributed by atoms with Crippen LogP contribution in [0.15, 0.2) is 102 Å². The van der Waals surface area contributed by atoms with Gasteiger partial charge < -0.3 is 0 Å². The smallest absolute Gasteiger partial charge is 0.265 e. The van der Waals surface area contributed by atoms with Gasteiger partial charge in [0.1, 0.15) is 0 Å². The van der Waals surface area contributed by atoms with Gasteiger partial charge in [0, 0.05) is 16.0 Å². The Kier molecular flexibility index (Phi) is 7.13. The quantitative estimate of drug-likeness (QED) is 0.257. The number of aryl methyl sites for hydroxylation is 1. The molecule has 0 atom stereocenters. The number of halogens is 1. The molecule has 0 aliphatic heterocycles. The van der Waals surface area contributed by atoms with Crippen LogP contribution in [-0.2, 0) is 16.6 Å². The van der Waals surface area contributed by atoms with Gasteiger partial charge in [0.05, 0.1) is 23.2 Å². The van der Waals surface area contributed by atoms with Gasteiger partial charge in [-0.2, -0.15) is 5.10 Å². The van der Waals surface area contributed by atoms with Crippen molar-refractivity contribution in [1.29, 1.82) is 0 Å². The van der Waals surface area contributed by atoms with Crippen molar-refractivity contribution in [3.63, 3.8) is 0 Å². The second kappa shape index (κ2) is 10.7. The Morgan fingerprint density at radius 3 is 2.34 bits per heavy atom. The number of hydrogen-bond donors (Lipinski definition) is 1. The van der Waals surface area contributed by atoms with Crippen LogP contribution in [0.25, 0.3) is 28.1 Å². The molecule has 0 aliphatic rings. The number of carbonyl (C=O) groups excluding carboxylic acids is 1. The van der Waals surface area contributed by atoms with Gasteiger partial charge in [0.15, 0.2) is 0 Å². The summed E-state index contributed by atoms with van der Waals surface area (Å²) in [6.45, 7) is 2.28. The molecule has 0 unspecified atom stereocenters. The van der Waals surface area contributed by atoms with Crippen molar-refractivity contribution in [3.05, 3.63) is 130 Å². The van der Waals surface area contributed by atoms with Crippen molar-refractivity contribution in [3.8, 4) is 11.1 Å². The van der Waals surface area contributed by atoms with Crippen LogP contribution in [0.2, 0.25) is 5.02 Å². The molecule has 0 saturated heterocycles. The van der Waals surface area contributed by atoms with E-state index >= 15 is 0 Å². The number of benzene rings is 4. The normalized spacial score (nSPS) is 11.7. The number of carbonyl (C=O) groups is 1. The summed E-state index contributed by atoms with van der Waals surface area (Å²) >= 11 is 6.64. The first-order valence-corrected chi connectivity index (χ1v) is 13.8. The number of aromatic nitrogens is 2. The molecule has 6 nitrogen and oxygen atoms in total. The zero-order valence-corrected chi connectivity index (χ0v) is 22.1. The van der Waals surface area contributed by atoms with Gasteiger partial charge in [-0.1, -0.05) is 90.5 Å². The molecule has 4 aromatic carbocycles. The number of nitrogens with zero attached hydrogens (tertiary/aromatic N) is 2. The van der Waals surface area contributed by atoms with Gasteiger partial charge in [-0.15, -0.1) is 0 Å². The Hall–Kier alpha value is -4.20. The molecule has 0 saturated carbocycles. The molecule has 0 fully saturated rings. The van der Waals surface area contributed by atoms with Crippen LogP contribution >= 0.6 is 11.6 Å². The van der Waals surface area contributed by atoms with E-state index in [-0.39, 0.29) is 5.56 Å². The van der Waals surface area contributed by atoms with Crippen molar-refractivity contribution in [1.82, 2.24) is 14.5 Å². The van der Waals surface area contributed by atoms with E-state index in [0.29, 0.717) is 22.6 Å². The second-order valence-electron chi connectivity index (χ2n) is 8.84. The van der Waals surface area contributed by atoms with Crippen LogP contribution in [0.4, 0.5) is 0 Å². The summed E-state index contributed by atoms with van der Waals surface area (Å²) < 4.78 is 28.8. The monoisotopic (exact) mass is 541 g/mol. The minimum absolute atomic E-state index is 0.209. The third-order valence-corrected chi connectivity index (χ3v) is 7.47. The lowest BCUT2D eigenvalue weighted by Crippen LogP contribution is -2.28. The number of hydrogen-bond acceptors (Lipinski definition) is 4. The van der Waals surface area contributed by atoms with Crippen LogP contribution < -0.4 is 4.72 Å². The standard InChI is InChI=1S/C30H24ClN3O3S/c1-21-27-15-14-25(30(35)33-38(36,37)17-16-22-8-4-2-5-9-22)19-29(27)34(32-21)20-26-13-12-24(18-28(26)31)23-10-6-3-7-11-23/h2-19H,20H2,1H3,(H,33,35)/b17-16+. The minimum Gasteiger partial charge on any atom is -0.268 e. The Bertz CT molecular complexity index is 1760. The Morgan fingerprint density at radius 2 is 1.63 bits per heavy atom. The molecule has 1 aromatic heterocycles. The minimum atomic E-state index is -3.99. The maximum absolute atomic E-state index is 12.8. The zero-order valence-electron chi connectivity index (χ0n) is 20.5. The van der Waals surface area contributed by atoms with Crippen molar-refractivity contribution in [2.75, 3.05) is 0 Å². The molecule has 0 aliphatic carbocycles. The highest BCUT2D eigenvalue weighted by atomic mass is 35.5. The van der Waals surface area contributed by atoms with Gasteiger partial charge in [-0.05, 0) is 53.5 Å². The summed E-state index contributed by atoms with van der Waals surface area (Å²) in [6.07, 6.45) is 1.43. The fraction of sp³-hybridized carbons (Fsp3) is 0.0667. The number of rotatable bonds is 7. The van der Waals surface area contributed by atoms with E-state index in [1.165, 1.54) is 6.08 Å². The zero-order chi connectivity index (χ0) is 26.7. The molecule has 190 valence electrons. The molecule has 38 heavy (non-hydrogen) atoms. The summed E-state index contributed by atoms with van der Waals surface area (Å²) in [6, 6.07) is 29.9. The largest absolute Gasteiger partial charge is 0.268 e. The van der Waals surface area contributed by atoms with Gasteiger partial charge in [-0.3, -0.25) is 9.48 Å². The first-order chi connectivity index (χ1) is 18.3. The lowest BCUT2D eigenvalue weighted by molar-refractivity contribution is 0.0982. The molecule has 5 rings (SSSR count). The van der Waals surface area contributed by atoms with Crippen LogP contribution in [0.3, 0.4) is 0 Å². The van der Waals surface area contributed by atoms with E-state index < -0.39 is 15.9 Å². The summed E-state index contributed by atoms with van der Waals surface area (Å²) in [5, 5.41) is 7.10. The van der Waals surface area contributed by atoms with E-state index in [2.05, 4.69) is 9.82 Å². The molecule has 0 bridgehead atoms. The lowest BCUT2D eigenvalue weighted by atomic mass is 10.0. The maximum Gasteiger partial charge on any atom is 0.265 e. The van der Waals surface area contributed by atoms with Gasteiger partial charge in [0.2, 0.25) is 0 Å². The Labute approximate surface area is 226 Å². The van der Waals surface area contributed by atoms with E-state index in [9.17, 15) is 13.2 Å². The number of fused-ring (bicyclic) bond motifs is 1. The van der Waals surface area contributed by atoms with Crippen molar-refractivity contribution < 1.29 is 13.2 Å². The Morgan fingerprint density at radius 1 is 0.921 bits per heavy atom. The number of nitrogens with one attached hydrogen (secondary N) is 1. The number of amides is 1. The average Bonchev–Trinajstić information content (AvgIpc) is 3.24. The molecule has 1 N–H and O–H groups in total. The summed E-state index contributed by atoms with van der Waals surface area (Å²) in [5.74, 6) is -0.722. The van der Waals surface area contributed by atoms with Crippen molar-refractivity contribution in [2.45, 2.75) is 13.5 Å². The predicted octanol–water partition coefficient (Wildman–Crippen LogP) is 6.44. The van der Waals surface area contributed by atoms with Crippen LogP contribution in [0.5, 0.6) is 0 Å². The summed E-state index contributed by atoms with van der Waals surface area (Å²) in [5.41, 5.74) is 5.38. The van der Waals surface area contributed by atoms with Crippen LogP contribution in [-0.4, -0.2) is 24.1 Å². The van der Waals surface area contributed by atoms with Crippen molar-refractivity contribution >= 4 is 44.5 Å².